The van der Waals surface area contributed by atoms with Gasteiger partial charge in [-0.1, -0.05) is 24.6 Å². The quantitative estimate of drug-likeness (QED) is 0.424. The maximum absolute atomic E-state index is 11.2. The van der Waals surface area contributed by atoms with Crippen molar-refractivity contribution in [3.63, 3.8) is 0 Å². The van der Waals surface area contributed by atoms with Gasteiger partial charge in [0.15, 0.2) is 5.65 Å². The van der Waals surface area contributed by atoms with Crippen molar-refractivity contribution >= 4 is 44.3 Å². The lowest BCUT2D eigenvalue weighted by Gasteiger charge is -2.28. The number of benzene rings is 1. The molecule has 3 N–H and O–H groups in total. The Morgan fingerprint density at radius 3 is 2.94 bits per heavy atom. The van der Waals surface area contributed by atoms with Crippen LogP contribution in [-0.4, -0.2) is 30.7 Å². The van der Waals surface area contributed by atoms with Crippen LogP contribution in [0.25, 0.3) is 27.7 Å². The second-order valence-corrected chi connectivity index (χ2v) is 9.03. The molecule has 1 fully saturated rings. The van der Waals surface area contributed by atoms with Gasteiger partial charge in [-0.15, -0.1) is 0 Å². The molecule has 1 aliphatic rings. The lowest BCUT2D eigenvalue weighted by molar-refractivity contribution is -0.138. The summed E-state index contributed by atoms with van der Waals surface area (Å²) in [5.74, 6) is 0.0867. The first-order valence-corrected chi connectivity index (χ1v) is 11.2. The van der Waals surface area contributed by atoms with E-state index in [-0.39, 0.29) is 18.3 Å². The van der Waals surface area contributed by atoms with Crippen LogP contribution < -0.4 is 5.73 Å². The van der Waals surface area contributed by atoms with Crippen LogP contribution in [0.15, 0.2) is 47.2 Å². The van der Waals surface area contributed by atoms with Crippen molar-refractivity contribution in [1.29, 1.82) is 0 Å². The molecular weight excluding hydrogens is 458 g/mol. The van der Waals surface area contributed by atoms with Crippen LogP contribution in [-0.2, 0) is 4.79 Å². The summed E-state index contributed by atoms with van der Waals surface area (Å²) in [4.78, 5) is 20.8. The van der Waals surface area contributed by atoms with Crippen molar-refractivity contribution in [2.45, 2.75) is 38.0 Å². The topological polar surface area (TPSA) is 106 Å². The molecule has 1 aliphatic carbocycles. The highest BCUT2D eigenvalue weighted by molar-refractivity contribution is 9.10. The standard InChI is InChI=1S/C23H22BrN5O2/c24-20-21(15-6-3-4-13(8-15)9-19(30)31)28-23-17(12-27-29(23)22(20)25)16-10-14-5-1-2-7-18(14)26-11-16/h1-2,5,7,10-13,15H,3-4,6,8-9,25H2,(H,30,31). The minimum absolute atomic E-state index is 0.163. The number of hydrogen-bond donors (Lipinski definition) is 2. The molecule has 7 nitrogen and oxygen atoms in total. The average molecular weight is 480 g/mol. The first kappa shape index (κ1) is 19.9. The molecule has 0 saturated heterocycles. The SMILES string of the molecule is Nc1c(Br)c(C2CCCC(CC(=O)O)C2)nc2c(-c3cnc4ccccc4c3)cnn12. The maximum atomic E-state index is 11.2. The van der Waals surface area contributed by atoms with E-state index in [4.69, 9.17) is 10.7 Å². The second kappa shape index (κ2) is 7.92. The molecule has 0 spiro atoms. The molecule has 0 radical (unpaired) electrons. The Morgan fingerprint density at radius 2 is 2.10 bits per heavy atom. The van der Waals surface area contributed by atoms with Gasteiger partial charge in [-0.3, -0.25) is 9.78 Å². The monoisotopic (exact) mass is 479 g/mol. The highest BCUT2D eigenvalue weighted by Gasteiger charge is 2.29. The number of hydrogen-bond acceptors (Lipinski definition) is 5. The number of anilines is 1. The third-order valence-electron chi connectivity index (χ3n) is 6.18. The van der Waals surface area contributed by atoms with Gasteiger partial charge < -0.3 is 10.8 Å². The van der Waals surface area contributed by atoms with Crippen molar-refractivity contribution in [1.82, 2.24) is 19.6 Å². The molecule has 31 heavy (non-hydrogen) atoms. The maximum Gasteiger partial charge on any atom is 0.303 e. The van der Waals surface area contributed by atoms with Crippen molar-refractivity contribution in [3.8, 4) is 11.1 Å². The highest BCUT2D eigenvalue weighted by atomic mass is 79.9. The number of nitrogens with zero attached hydrogens (tertiary/aromatic N) is 4. The highest BCUT2D eigenvalue weighted by Crippen LogP contribution is 2.41. The van der Waals surface area contributed by atoms with E-state index in [2.05, 4.69) is 32.1 Å². The van der Waals surface area contributed by atoms with Gasteiger partial charge in [-0.25, -0.2) is 4.98 Å². The lowest BCUT2D eigenvalue weighted by atomic mass is 9.78. The zero-order chi connectivity index (χ0) is 21.5. The molecule has 1 saturated carbocycles. The minimum atomic E-state index is -0.741. The van der Waals surface area contributed by atoms with Gasteiger partial charge in [0.1, 0.15) is 5.82 Å². The van der Waals surface area contributed by atoms with Crippen molar-refractivity contribution in [2.75, 3.05) is 5.73 Å². The number of carbonyl (C=O) groups is 1. The fraction of sp³-hybridized carbons (Fsp3) is 0.304. The predicted octanol–water partition coefficient (Wildman–Crippen LogP) is 5.04. The summed E-state index contributed by atoms with van der Waals surface area (Å²) in [5, 5.41) is 14.7. The normalized spacial score (nSPS) is 19.1. The summed E-state index contributed by atoms with van der Waals surface area (Å²) in [7, 11) is 0. The Kier molecular flexibility index (Phi) is 5.09. The largest absolute Gasteiger partial charge is 0.481 e. The summed E-state index contributed by atoms with van der Waals surface area (Å²) in [6, 6.07) is 10.1. The minimum Gasteiger partial charge on any atom is -0.481 e. The van der Waals surface area contributed by atoms with E-state index in [0.717, 1.165) is 57.9 Å². The summed E-state index contributed by atoms with van der Waals surface area (Å²) < 4.78 is 2.39. The molecule has 3 heterocycles. The van der Waals surface area contributed by atoms with Gasteiger partial charge in [-0.05, 0) is 53.2 Å². The van der Waals surface area contributed by atoms with Gasteiger partial charge >= 0.3 is 5.97 Å². The Morgan fingerprint density at radius 1 is 1.26 bits per heavy atom. The molecule has 8 heteroatoms. The molecule has 0 aliphatic heterocycles. The number of fused-ring (bicyclic) bond motifs is 2. The summed E-state index contributed by atoms with van der Waals surface area (Å²) in [5.41, 5.74) is 10.7. The van der Waals surface area contributed by atoms with Crippen molar-refractivity contribution in [3.05, 3.63) is 52.9 Å². The zero-order valence-electron chi connectivity index (χ0n) is 16.8. The van der Waals surface area contributed by atoms with Crippen LogP contribution in [0.4, 0.5) is 5.82 Å². The van der Waals surface area contributed by atoms with Crippen LogP contribution in [0, 0.1) is 5.92 Å². The number of carboxylic acids is 1. The van der Waals surface area contributed by atoms with E-state index < -0.39 is 5.97 Å². The van der Waals surface area contributed by atoms with E-state index >= 15 is 0 Å². The number of para-hydroxylation sites is 1. The van der Waals surface area contributed by atoms with Crippen molar-refractivity contribution < 1.29 is 9.90 Å². The average Bonchev–Trinajstić information content (AvgIpc) is 3.20. The molecule has 158 valence electrons. The molecular formula is C23H22BrN5O2. The Labute approximate surface area is 187 Å². The third-order valence-corrected chi connectivity index (χ3v) is 6.99. The number of rotatable bonds is 4. The molecule has 3 aromatic heterocycles. The van der Waals surface area contributed by atoms with E-state index in [1.54, 1.807) is 10.7 Å². The van der Waals surface area contributed by atoms with Gasteiger partial charge in [0.05, 0.1) is 21.9 Å². The van der Waals surface area contributed by atoms with E-state index in [0.29, 0.717) is 11.5 Å². The molecule has 2 atom stereocenters. The van der Waals surface area contributed by atoms with E-state index in [9.17, 15) is 9.90 Å². The van der Waals surface area contributed by atoms with Crippen LogP contribution in [0.2, 0.25) is 0 Å². The lowest BCUT2D eigenvalue weighted by Crippen LogP contribution is -2.19. The van der Waals surface area contributed by atoms with Gasteiger partial charge in [0, 0.05) is 35.0 Å². The fourth-order valence-electron chi connectivity index (χ4n) is 4.68. The number of halogens is 1. The Balaban J connectivity index is 1.59. The van der Waals surface area contributed by atoms with E-state index in [1.165, 1.54) is 0 Å². The second-order valence-electron chi connectivity index (χ2n) is 8.23. The summed E-state index contributed by atoms with van der Waals surface area (Å²) >= 11 is 3.63. The predicted molar refractivity (Wildman–Crippen MR) is 123 cm³/mol. The molecule has 5 rings (SSSR count). The zero-order valence-corrected chi connectivity index (χ0v) is 18.4. The molecule has 1 aromatic carbocycles. The number of aromatic nitrogens is 4. The van der Waals surface area contributed by atoms with E-state index in [1.807, 2.05) is 30.5 Å². The van der Waals surface area contributed by atoms with Gasteiger partial charge in [-0.2, -0.15) is 9.61 Å². The third kappa shape index (κ3) is 3.65. The summed E-state index contributed by atoms with van der Waals surface area (Å²) in [6.07, 6.45) is 7.51. The first-order valence-electron chi connectivity index (χ1n) is 10.4. The molecule has 0 bridgehead atoms. The number of carboxylic acid groups (broad SMARTS) is 1. The number of pyridine rings is 1. The van der Waals surface area contributed by atoms with Crippen molar-refractivity contribution in [2.24, 2.45) is 5.92 Å². The van der Waals surface area contributed by atoms with Gasteiger partial charge in [0.25, 0.3) is 0 Å². The molecule has 0 amide bonds. The van der Waals surface area contributed by atoms with Crippen LogP contribution >= 0.6 is 15.9 Å². The first-order chi connectivity index (χ1) is 15.0. The van der Waals surface area contributed by atoms with Crippen LogP contribution in [0.5, 0.6) is 0 Å². The Hall–Kier alpha value is -3.00. The molecule has 4 aromatic rings. The van der Waals surface area contributed by atoms with Gasteiger partial charge in [0.2, 0.25) is 0 Å². The number of nitrogens with two attached hydrogens (primary N) is 1. The molecule has 2 unspecified atom stereocenters. The van der Waals surface area contributed by atoms with Crippen LogP contribution in [0.3, 0.4) is 0 Å². The fourth-order valence-corrected chi connectivity index (χ4v) is 5.26. The number of aliphatic carboxylic acids is 1. The number of nitrogen functional groups attached to an aromatic ring is 1. The van der Waals surface area contributed by atoms with Crippen LogP contribution in [0.1, 0.15) is 43.7 Å². The summed E-state index contributed by atoms with van der Waals surface area (Å²) in [6.45, 7) is 0. The smallest absolute Gasteiger partial charge is 0.303 e. The Bertz CT molecular complexity index is 1300.